The molecule has 118 valence electrons. The van der Waals surface area contributed by atoms with Gasteiger partial charge in [-0.05, 0) is 43.3 Å². The number of fused-ring (bicyclic) bond motifs is 1. The van der Waals surface area contributed by atoms with Crippen LogP contribution in [0.4, 0.5) is 4.39 Å². The molecule has 2 aromatic carbocycles. The first-order chi connectivity index (χ1) is 11.1. The molecule has 3 aromatic rings. The molecule has 4 nitrogen and oxygen atoms in total. The molecule has 1 amide bonds. The van der Waals surface area contributed by atoms with Gasteiger partial charge in [-0.25, -0.2) is 4.39 Å². The summed E-state index contributed by atoms with van der Waals surface area (Å²) in [4.78, 5) is 11.9. The Hall–Kier alpha value is -2.82. The predicted molar refractivity (Wildman–Crippen MR) is 84.7 cm³/mol. The van der Waals surface area contributed by atoms with Gasteiger partial charge in [-0.15, -0.1) is 0 Å². The van der Waals surface area contributed by atoms with Crippen LogP contribution >= 0.6 is 0 Å². The molecule has 23 heavy (non-hydrogen) atoms. The van der Waals surface area contributed by atoms with Gasteiger partial charge in [-0.2, -0.15) is 0 Å². The highest BCUT2D eigenvalue weighted by molar-refractivity contribution is 5.79. The Morgan fingerprint density at radius 2 is 1.96 bits per heavy atom. The fourth-order valence-electron chi connectivity index (χ4n) is 2.25. The number of carbonyl (C=O) groups excluding carboxylic acids is 1. The standard InChI is InChI=1S/C18H16FNO3/c1-12(17-10-13-4-2-3-5-16(13)23-17)20-18(21)11-22-15-8-6-14(19)7-9-15/h2-10,12H,11H2,1H3,(H,20,21)/t12-/m0/s1. The van der Waals surface area contributed by atoms with Crippen molar-refractivity contribution in [2.75, 3.05) is 6.61 Å². The first kappa shape index (κ1) is 15.1. The third kappa shape index (κ3) is 3.69. The Labute approximate surface area is 132 Å². The number of nitrogens with one attached hydrogen (secondary N) is 1. The van der Waals surface area contributed by atoms with E-state index in [4.69, 9.17) is 9.15 Å². The molecular weight excluding hydrogens is 297 g/mol. The Kier molecular flexibility index (Phi) is 4.28. The van der Waals surface area contributed by atoms with E-state index in [0.29, 0.717) is 11.5 Å². The molecular formula is C18H16FNO3. The maximum atomic E-state index is 12.8. The van der Waals surface area contributed by atoms with Crippen LogP contribution < -0.4 is 10.1 Å². The molecule has 1 N–H and O–H groups in total. The molecule has 0 saturated heterocycles. The van der Waals surface area contributed by atoms with Crippen molar-refractivity contribution in [3.05, 3.63) is 66.2 Å². The molecule has 3 rings (SSSR count). The minimum absolute atomic E-state index is 0.143. The fourth-order valence-corrected chi connectivity index (χ4v) is 2.25. The van der Waals surface area contributed by atoms with E-state index in [-0.39, 0.29) is 24.4 Å². The number of benzene rings is 2. The molecule has 0 saturated carbocycles. The molecule has 0 aliphatic heterocycles. The van der Waals surface area contributed by atoms with Gasteiger partial charge in [0.1, 0.15) is 22.9 Å². The number of furan rings is 1. The molecule has 0 aliphatic carbocycles. The number of carbonyl (C=O) groups is 1. The molecule has 1 heterocycles. The minimum Gasteiger partial charge on any atom is -0.484 e. The van der Waals surface area contributed by atoms with Gasteiger partial charge in [0.15, 0.2) is 6.61 Å². The van der Waals surface area contributed by atoms with Crippen molar-refractivity contribution in [3.8, 4) is 5.75 Å². The van der Waals surface area contributed by atoms with E-state index in [1.165, 1.54) is 24.3 Å². The van der Waals surface area contributed by atoms with Crippen LogP contribution in [0.3, 0.4) is 0 Å². The largest absolute Gasteiger partial charge is 0.484 e. The van der Waals surface area contributed by atoms with Crippen molar-refractivity contribution in [1.29, 1.82) is 0 Å². The third-order valence-electron chi connectivity index (χ3n) is 3.43. The first-order valence-corrected chi connectivity index (χ1v) is 7.28. The van der Waals surface area contributed by atoms with Gasteiger partial charge in [0.05, 0.1) is 6.04 Å². The SMILES string of the molecule is C[C@H](NC(=O)COc1ccc(F)cc1)c1cc2ccccc2o1. The van der Waals surface area contributed by atoms with Crippen LogP contribution in [0.2, 0.25) is 0 Å². The third-order valence-corrected chi connectivity index (χ3v) is 3.43. The summed E-state index contributed by atoms with van der Waals surface area (Å²) in [5.74, 6) is 0.502. The van der Waals surface area contributed by atoms with Crippen LogP contribution in [-0.4, -0.2) is 12.5 Å². The average molecular weight is 313 g/mol. The van der Waals surface area contributed by atoms with Gasteiger partial charge < -0.3 is 14.5 Å². The molecule has 1 atom stereocenters. The Morgan fingerprint density at radius 3 is 2.70 bits per heavy atom. The highest BCUT2D eigenvalue weighted by atomic mass is 19.1. The molecule has 5 heteroatoms. The Morgan fingerprint density at radius 1 is 1.22 bits per heavy atom. The topological polar surface area (TPSA) is 51.5 Å². The zero-order chi connectivity index (χ0) is 16.2. The van der Waals surface area contributed by atoms with Crippen LogP contribution in [0.15, 0.2) is 59.0 Å². The first-order valence-electron chi connectivity index (χ1n) is 7.28. The van der Waals surface area contributed by atoms with E-state index in [9.17, 15) is 9.18 Å². The molecule has 0 fully saturated rings. The van der Waals surface area contributed by atoms with Crippen molar-refractivity contribution in [2.45, 2.75) is 13.0 Å². The smallest absolute Gasteiger partial charge is 0.258 e. The van der Waals surface area contributed by atoms with Crippen LogP contribution in [0.25, 0.3) is 11.0 Å². The summed E-state index contributed by atoms with van der Waals surface area (Å²) in [5, 5.41) is 3.80. The van der Waals surface area contributed by atoms with Crippen LogP contribution in [0.1, 0.15) is 18.7 Å². The van der Waals surface area contributed by atoms with Crippen molar-refractivity contribution < 1.29 is 18.3 Å². The number of ether oxygens (including phenoxy) is 1. The van der Waals surface area contributed by atoms with Gasteiger partial charge >= 0.3 is 0 Å². The van der Waals surface area contributed by atoms with Crippen molar-refractivity contribution in [2.24, 2.45) is 0 Å². The Balaban J connectivity index is 1.57. The van der Waals surface area contributed by atoms with Gasteiger partial charge in [0, 0.05) is 5.39 Å². The molecule has 0 aliphatic rings. The number of rotatable bonds is 5. The lowest BCUT2D eigenvalue weighted by Crippen LogP contribution is -2.31. The molecule has 0 radical (unpaired) electrons. The highest BCUT2D eigenvalue weighted by Crippen LogP contribution is 2.23. The van der Waals surface area contributed by atoms with Crippen LogP contribution in [0.5, 0.6) is 5.75 Å². The fraction of sp³-hybridized carbons (Fsp3) is 0.167. The number of para-hydroxylation sites is 1. The maximum Gasteiger partial charge on any atom is 0.258 e. The molecule has 0 unspecified atom stereocenters. The van der Waals surface area contributed by atoms with Crippen LogP contribution in [-0.2, 0) is 4.79 Å². The van der Waals surface area contributed by atoms with E-state index in [2.05, 4.69) is 5.32 Å². The lowest BCUT2D eigenvalue weighted by molar-refractivity contribution is -0.123. The normalized spacial score (nSPS) is 12.1. The summed E-state index contributed by atoms with van der Waals surface area (Å²) in [6, 6.07) is 14.8. The van der Waals surface area contributed by atoms with E-state index in [1.807, 2.05) is 37.3 Å². The number of amides is 1. The number of halogens is 1. The molecule has 0 spiro atoms. The number of hydrogen-bond acceptors (Lipinski definition) is 3. The maximum absolute atomic E-state index is 12.8. The summed E-state index contributed by atoms with van der Waals surface area (Å²) < 4.78 is 23.8. The second-order valence-electron chi connectivity index (χ2n) is 5.22. The monoisotopic (exact) mass is 313 g/mol. The second kappa shape index (κ2) is 6.52. The van der Waals surface area contributed by atoms with Gasteiger partial charge in [0.25, 0.3) is 5.91 Å². The zero-order valence-corrected chi connectivity index (χ0v) is 12.6. The van der Waals surface area contributed by atoms with Crippen molar-refractivity contribution in [1.82, 2.24) is 5.32 Å². The van der Waals surface area contributed by atoms with Crippen LogP contribution in [0, 0.1) is 5.82 Å². The molecule has 1 aromatic heterocycles. The van der Waals surface area contributed by atoms with E-state index in [0.717, 1.165) is 11.0 Å². The lowest BCUT2D eigenvalue weighted by Gasteiger charge is -2.12. The summed E-state index contributed by atoms with van der Waals surface area (Å²) in [6.07, 6.45) is 0. The summed E-state index contributed by atoms with van der Waals surface area (Å²) >= 11 is 0. The van der Waals surface area contributed by atoms with Gasteiger partial charge in [-0.1, -0.05) is 18.2 Å². The van der Waals surface area contributed by atoms with Crippen molar-refractivity contribution in [3.63, 3.8) is 0 Å². The molecule has 0 bridgehead atoms. The highest BCUT2D eigenvalue weighted by Gasteiger charge is 2.14. The quantitative estimate of drug-likeness (QED) is 0.779. The van der Waals surface area contributed by atoms with E-state index < -0.39 is 0 Å². The zero-order valence-electron chi connectivity index (χ0n) is 12.6. The van der Waals surface area contributed by atoms with Crippen molar-refractivity contribution >= 4 is 16.9 Å². The van der Waals surface area contributed by atoms with E-state index in [1.54, 1.807) is 0 Å². The van der Waals surface area contributed by atoms with Gasteiger partial charge in [-0.3, -0.25) is 4.79 Å². The average Bonchev–Trinajstić information content (AvgIpc) is 2.98. The minimum atomic E-state index is -0.347. The van der Waals surface area contributed by atoms with Gasteiger partial charge in [0.2, 0.25) is 0 Å². The van der Waals surface area contributed by atoms with E-state index >= 15 is 0 Å². The summed E-state index contributed by atoms with van der Waals surface area (Å²) in [5.41, 5.74) is 0.783. The number of hydrogen-bond donors (Lipinski definition) is 1. The second-order valence-corrected chi connectivity index (χ2v) is 5.22. The summed E-state index contributed by atoms with van der Waals surface area (Å²) in [7, 11) is 0. The predicted octanol–water partition coefficient (Wildman–Crippen LogP) is 3.83. The Bertz CT molecular complexity index is 778. The lowest BCUT2D eigenvalue weighted by atomic mass is 10.2. The summed E-state index contributed by atoms with van der Waals surface area (Å²) in [6.45, 7) is 1.70.